The summed E-state index contributed by atoms with van der Waals surface area (Å²) in [6.07, 6.45) is -0.948. The molecule has 0 saturated carbocycles. The number of methoxy groups -OCH3 is 1. The van der Waals surface area contributed by atoms with E-state index in [-0.39, 0.29) is 10.9 Å². The Kier molecular flexibility index (Phi) is 7.38. The topological polar surface area (TPSA) is 64.6 Å². The Labute approximate surface area is 174 Å². The third-order valence-electron chi connectivity index (χ3n) is 5.45. The molecular weight excluding hydrogens is 382 g/mol. The van der Waals surface area contributed by atoms with E-state index in [0.717, 1.165) is 5.56 Å². The Bertz CT molecular complexity index is 816. The van der Waals surface area contributed by atoms with Gasteiger partial charge in [0.15, 0.2) is 14.4 Å². The first-order valence-corrected chi connectivity index (χ1v) is 12.6. The predicted octanol–water partition coefficient (Wildman–Crippen LogP) is 4.72. The molecular formula is C23H31NO4Si. The molecule has 2 aromatic carbocycles. The van der Waals surface area contributed by atoms with Crippen molar-refractivity contribution in [3.05, 3.63) is 71.8 Å². The average molecular weight is 414 g/mol. The van der Waals surface area contributed by atoms with Crippen molar-refractivity contribution in [2.75, 3.05) is 7.11 Å². The van der Waals surface area contributed by atoms with Gasteiger partial charge in [0.25, 0.3) is 5.91 Å². The smallest absolute Gasteiger partial charge is 0.336 e. The molecule has 29 heavy (non-hydrogen) atoms. The molecule has 2 unspecified atom stereocenters. The van der Waals surface area contributed by atoms with Crippen LogP contribution in [0.1, 0.15) is 42.7 Å². The summed E-state index contributed by atoms with van der Waals surface area (Å²) in [4.78, 5) is 25.7. The zero-order valence-electron chi connectivity index (χ0n) is 18.1. The van der Waals surface area contributed by atoms with E-state index in [9.17, 15) is 9.59 Å². The van der Waals surface area contributed by atoms with Crippen LogP contribution in [-0.4, -0.2) is 33.4 Å². The van der Waals surface area contributed by atoms with Gasteiger partial charge in [-0.1, -0.05) is 69.3 Å². The van der Waals surface area contributed by atoms with Crippen LogP contribution in [-0.2, 0) is 14.0 Å². The summed E-state index contributed by atoms with van der Waals surface area (Å²) in [5.74, 6) is -0.774. The number of carbonyl (C=O) groups is 2. The molecule has 2 atom stereocenters. The van der Waals surface area contributed by atoms with Gasteiger partial charge in [0.1, 0.15) is 0 Å². The maximum atomic E-state index is 12.9. The minimum absolute atomic E-state index is 0.107. The molecule has 0 aliphatic carbocycles. The van der Waals surface area contributed by atoms with Crippen LogP contribution in [0.5, 0.6) is 0 Å². The molecule has 0 aromatic heterocycles. The number of hydrogen-bond acceptors (Lipinski definition) is 4. The van der Waals surface area contributed by atoms with Crippen LogP contribution in [0.15, 0.2) is 60.7 Å². The molecule has 0 fully saturated rings. The Hall–Kier alpha value is -2.44. The first-order chi connectivity index (χ1) is 13.6. The quantitative estimate of drug-likeness (QED) is 0.527. The van der Waals surface area contributed by atoms with Crippen molar-refractivity contribution in [1.82, 2.24) is 5.32 Å². The molecule has 0 heterocycles. The lowest BCUT2D eigenvalue weighted by Gasteiger charge is -2.40. The predicted molar refractivity (Wildman–Crippen MR) is 117 cm³/mol. The second-order valence-corrected chi connectivity index (χ2v) is 13.3. The van der Waals surface area contributed by atoms with E-state index in [2.05, 4.69) is 39.2 Å². The number of amides is 1. The molecule has 0 saturated heterocycles. The highest BCUT2D eigenvalue weighted by atomic mass is 28.4. The lowest BCUT2D eigenvalue weighted by molar-refractivity contribution is -0.151. The Morgan fingerprint density at radius 1 is 0.931 bits per heavy atom. The van der Waals surface area contributed by atoms with Gasteiger partial charge < -0.3 is 14.5 Å². The van der Waals surface area contributed by atoms with Crippen LogP contribution in [0.2, 0.25) is 18.1 Å². The van der Waals surface area contributed by atoms with E-state index in [0.29, 0.717) is 5.56 Å². The molecule has 0 spiro atoms. The SMILES string of the molecule is COC(=O)C(O[Si](C)(C)C(C)(C)C)C(NC(=O)c1ccccc1)c1ccccc1. The number of rotatable bonds is 7. The van der Waals surface area contributed by atoms with E-state index in [4.69, 9.17) is 9.16 Å². The molecule has 0 radical (unpaired) electrons. The Morgan fingerprint density at radius 2 is 1.45 bits per heavy atom. The van der Waals surface area contributed by atoms with Gasteiger partial charge in [0, 0.05) is 5.56 Å². The van der Waals surface area contributed by atoms with Crippen molar-refractivity contribution < 1.29 is 18.8 Å². The lowest BCUT2D eigenvalue weighted by atomic mass is 10.0. The van der Waals surface area contributed by atoms with Crippen molar-refractivity contribution in [2.24, 2.45) is 0 Å². The zero-order valence-corrected chi connectivity index (χ0v) is 19.1. The summed E-state index contributed by atoms with van der Waals surface area (Å²) >= 11 is 0. The third kappa shape index (κ3) is 5.77. The largest absolute Gasteiger partial charge is 0.467 e. The number of nitrogens with one attached hydrogen (secondary N) is 1. The fraction of sp³-hybridized carbons (Fsp3) is 0.391. The van der Waals surface area contributed by atoms with Gasteiger partial charge in [-0.2, -0.15) is 0 Å². The standard InChI is InChI=1S/C23H31NO4Si/c1-23(2,3)29(5,6)28-20(22(26)27-4)19(17-13-9-7-10-14-17)24-21(25)18-15-11-8-12-16-18/h7-16,19-20H,1-6H3,(H,24,25). The highest BCUT2D eigenvalue weighted by Gasteiger charge is 2.44. The van der Waals surface area contributed by atoms with E-state index in [1.54, 1.807) is 24.3 Å². The summed E-state index contributed by atoms with van der Waals surface area (Å²) < 4.78 is 11.5. The van der Waals surface area contributed by atoms with Crippen molar-refractivity contribution >= 4 is 20.2 Å². The molecule has 6 heteroatoms. The maximum Gasteiger partial charge on any atom is 0.336 e. The summed E-state index contributed by atoms with van der Waals surface area (Å²) in [6, 6.07) is 17.6. The Balaban J connectivity index is 2.45. The summed E-state index contributed by atoms with van der Waals surface area (Å²) in [5, 5.41) is 2.89. The summed E-state index contributed by atoms with van der Waals surface area (Å²) in [7, 11) is -0.986. The molecule has 0 aliphatic rings. The van der Waals surface area contributed by atoms with Gasteiger partial charge in [-0.15, -0.1) is 0 Å². The third-order valence-corrected chi connectivity index (χ3v) is 9.90. The van der Waals surface area contributed by atoms with Gasteiger partial charge in [0.05, 0.1) is 13.2 Å². The first-order valence-electron chi connectivity index (χ1n) is 9.73. The van der Waals surface area contributed by atoms with Gasteiger partial charge in [0.2, 0.25) is 0 Å². The first kappa shape index (κ1) is 22.8. The molecule has 1 amide bonds. The maximum absolute atomic E-state index is 12.9. The minimum Gasteiger partial charge on any atom is -0.467 e. The van der Waals surface area contributed by atoms with E-state index in [1.165, 1.54) is 7.11 Å². The van der Waals surface area contributed by atoms with Crippen LogP contribution in [0, 0.1) is 0 Å². The van der Waals surface area contributed by atoms with E-state index >= 15 is 0 Å². The molecule has 0 bridgehead atoms. The van der Waals surface area contributed by atoms with Crippen molar-refractivity contribution in [3.8, 4) is 0 Å². The van der Waals surface area contributed by atoms with Gasteiger partial charge in [-0.05, 0) is 35.8 Å². The fourth-order valence-electron chi connectivity index (χ4n) is 2.67. The highest BCUT2D eigenvalue weighted by molar-refractivity contribution is 6.74. The second kappa shape index (κ2) is 9.37. The van der Waals surface area contributed by atoms with E-state index < -0.39 is 26.4 Å². The number of benzene rings is 2. The van der Waals surface area contributed by atoms with Crippen LogP contribution in [0.4, 0.5) is 0 Å². The van der Waals surface area contributed by atoms with Crippen molar-refractivity contribution in [2.45, 2.75) is 51.0 Å². The number of hydrogen-bond donors (Lipinski definition) is 1. The molecule has 156 valence electrons. The van der Waals surface area contributed by atoms with Gasteiger partial charge in [-0.3, -0.25) is 4.79 Å². The summed E-state index contributed by atoms with van der Waals surface area (Å²) in [5.41, 5.74) is 1.30. The molecule has 2 aromatic rings. The molecule has 2 rings (SSSR count). The molecule has 0 aliphatic heterocycles. The van der Waals surface area contributed by atoms with Crippen LogP contribution in [0.25, 0.3) is 0 Å². The molecule has 1 N–H and O–H groups in total. The minimum atomic E-state index is -2.33. The number of ether oxygens (including phenoxy) is 1. The van der Waals surface area contributed by atoms with Crippen LogP contribution < -0.4 is 5.32 Å². The van der Waals surface area contributed by atoms with Crippen LogP contribution >= 0.6 is 0 Å². The monoisotopic (exact) mass is 413 g/mol. The normalized spacial score (nSPS) is 14.0. The Morgan fingerprint density at radius 3 is 1.93 bits per heavy atom. The number of esters is 1. The van der Waals surface area contributed by atoms with Crippen molar-refractivity contribution in [1.29, 1.82) is 0 Å². The average Bonchev–Trinajstić information content (AvgIpc) is 2.70. The van der Waals surface area contributed by atoms with Gasteiger partial charge in [-0.25, -0.2) is 4.79 Å². The zero-order chi connectivity index (χ0) is 21.7. The van der Waals surface area contributed by atoms with Gasteiger partial charge >= 0.3 is 5.97 Å². The van der Waals surface area contributed by atoms with Crippen molar-refractivity contribution in [3.63, 3.8) is 0 Å². The lowest BCUT2D eigenvalue weighted by Crippen LogP contribution is -2.51. The highest BCUT2D eigenvalue weighted by Crippen LogP contribution is 2.39. The van der Waals surface area contributed by atoms with E-state index in [1.807, 2.05) is 36.4 Å². The fourth-order valence-corrected chi connectivity index (χ4v) is 3.89. The molecule has 5 nitrogen and oxygen atoms in total. The summed E-state index contributed by atoms with van der Waals surface area (Å²) in [6.45, 7) is 10.5. The van der Waals surface area contributed by atoms with Crippen LogP contribution in [0.3, 0.4) is 0 Å². The second-order valence-electron chi connectivity index (χ2n) is 8.55. The number of carbonyl (C=O) groups excluding carboxylic acids is 2.